The number of rotatable bonds is 7. The summed E-state index contributed by atoms with van der Waals surface area (Å²) in [7, 11) is 1.58. The summed E-state index contributed by atoms with van der Waals surface area (Å²) < 4.78 is 15.1. The second kappa shape index (κ2) is 7.60. The van der Waals surface area contributed by atoms with E-state index in [4.69, 9.17) is 14.2 Å². The molecule has 0 radical (unpaired) electrons. The molecule has 0 unspecified atom stereocenters. The van der Waals surface area contributed by atoms with E-state index in [-0.39, 0.29) is 19.1 Å². The summed E-state index contributed by atoms with van der Waals surface area (Å²) in [5.74, 6) is -0.211. The van der Waals surface area contributed by atoms with E-state index in [0.29, 0.717) is 39.3 Å². The van der Waals surface area contributed by atoms with E-state index in [2.05, 4.69) is 5.32 Å². The van der Waals surface area contributed by atoms with Crippen LogP contribution in [-0.2, 0) is 19.0 Å². The van der Waals surface area contributed by atoms with Gasteiger partial charge in [-0.05, 0) is 12.8 Å². The molecule has 2 N–H and O–H groups in total. The number of methoxy groups -OCH3 is 1. The molecule has 0 aromatic carbocycles. The van der Waals surface area contributed by atoms with E-state index in [1.807, 2.05) is 0 Å². The van der Waals surface area contributed by atoms with Gasteiger partial charge in [0.2, 0.25) is 5.91 Å². The SMILES string of the molecule is COCCOCC(=O)NC1(CO)CCOCC1. The number of aliphatic hydroxyl groups excluding tert-OH is 1. The third-order valence-corrected chi connectivity index (χ3v) is 2.82. The van der Waals surface area contributed by atoms with Gasteiger partial charge in [0.1, 0.15) is 6.61 Å². The number of aliphatic hydroxyl groups is 1. The van der Waals surface area contributed by atoms with Crippen molar-refractivity contribution in [1.29, 1.82) is 0 Å². The van der Waals surface area contributed by atoms with Gasteiger partial charge in [0, 0.05) is 20.3 Å². The Morgan fingerprint density at radius 1 is 1.41 bits per heavy atom. The average molecular weight is 247 g/mol. The lowest BCUT2D eigenvalue weighted by molar-refractivity contribution is -0.130. The fourth-order valence-corrected chi connectivity index (χ4v) is 1.72. The minimum absolute atomic E-state index is 0.00797. The Bertz CT molecular complexity index is 228. The third-order valence-electron chi connectivity index (χ3n) is 2.82. The molecule has 0 aliphatic carbocycles. The van der Waals surface area contributed by atoms with Crippen LogP contribution in [0.4, 0.5) is 0 Å². The Morgan fingerprint density at radius 2 is 2.12 bits per heavy atom. The van der Waals surface area contributed by atoms with Crippen LogP contribution in [-0.4, -0.2) is 63.3 Å². The minimum atomic E-state index is -0.542. The summed E-state index contributed by atoms with van der Waals surface area (Å²) >= 11 is 0. The molecule has 100 valence electrons. The van der Waals surface area contributed by atoms with Crippen molar-refractivity contribution in [2.75, 3.05) is 46.8 Å². The first-order valence-electron chi connectivity index (χ1n) is 5.79. The lowest BCUT2D eigenvalue weighted by Crippen LogP contribution is -2.55. The highest BCUT2D eigenvalue weighted by Gasteiger charge is 2.33. The normalized spacial score (nSPS) is 18.9. The molecule has 1 rings (SSSR count). The van der Waals surface area contributed by atoms with Crippen LogP contribution in [0.25, 0.3) is 0 Å². The summed E-state index contributed by atoms with van der Waals surface area (Å²) in [6.07, 6.45) is 1.26. The maximum atomic E-state index is 11.6. The van der Waals surface area contributed by atoms with Gasteiger partial charge in [0.25, 0.3) is 0 Å². The Morgan fingerprint density at radius 3 is 2.71 bits per heavy atom. The van der Waals surface area contributed by atoms with Gasteiger partial charge >= 0.3 is 0 Å². The van der Waals surface area contributed by atoms with Crippen LogP contribution in [0.15, 0.2) is 0 Å². The molecular formula is C11H21NO5. The van der Waals surface area contributed by atoms with Crippen molar-refractivity contribution < 1.29 is 24.1 Å². The summed E-state index contributed by atoms with van der Waals surface area (Å²) in [5, 5.41) is 12.2. The smallest absolute Gasteiger partial charge is 0.246 e. The van der Waals surface area contributed by atoms with Crippen molar-refractivity contribution in [2.24, 2.45) is 0 Å². The fourth-order valence-electron chi connectivity index (χ4n) is 1.72. The largest absolute Gasteiger partial charge is 0.394 e. The maximum absolute atomic E-state index is 11.6. The van der Waals surface area contributed by atoms with Crippen LogP contribution in [0, 0.1) is 0 Å². The van der Waals surface area contributed by atoms with Gasteiger partial charge in [-0.2, -0.15) is 0 Å². The van der Waals surface area contributed by atoms with Crippen molar-refractivity contribution in [2.45, 2.75) is 18.4 Å². The zero-order valence-corrected chi connectivity index (χ0v) is 10.2. The van der Waals surface area contributed by atoms with Gasteiger partial charge in [-0.1, -0.05) is 0 Å². The predicted octanol–water partition coefficient (Wildman–Crippen LogP) is -0.693. The zero-order valence-electron chi connectivity index (χ0n) is 10.2. The first-order valence-corrected chi connectivity index (χ1v) is 5.79. The second-order valence-electron chi connectivity index (χ2n) is 4.14. The van der Waals surface area contributed by atoms with Crippen molar-refractivity contribution in [3.05, 3.63) is 0 Å². The Labute approximate surface area is 101 Å². The molecule has 1 saturated heterocycles. The summed E-state index contributed by atoms with van der Waals surface area (Å²) in [4.78, 5) is 11.6. The van der Waals surface area contributed by atoms with Crippen molar-refractivity contribution in [3.8, 4) is 0 Å². The van der Waals surface area contributed by atoms with Gasteiger partial charge in [-0.15, -0.1) is 0 Å². The van der Waals surface area contributed by atoms with Gasteiger partial charge < -0.3 is 24.6 Å². The maximum Gasteiger partial charge on any atom is 0.246 e. The lowest BCUT2D eigenvalue weighted by atomic mass is 9.91. The van der Waals surface area contributed by atoms with E-state index in [0.717, 1.165) is 0 Å². The molecule has 6 heteroatoms. The standard InChI is InChI=1S/C11H21NO5/c1-15-6-7-17-8-10(14)12-11(9-13)2-4-16-5-3-11/h13H,2-9H2,1H3,(H,12,14). The highest BCUT2D eigenvalue weighted by molar-refractivity contribution is 5.78. The molecule has 17 heavy (non-hydrogen) atoms. The first-order chi connectivity index (χ1) is 8.22. The van der Waals surface area contributed by atoms with Crippen LogP contribution < -0.4 is 5.32 Å². The van der Waals surface area contributed by atoms with E-state index in [1.165, 1.54) is 0 Å². The first kappa shape index (κ1) is 14.4. The highest BCUT2D eigenvalue weighted by atomic mass is 16.5. The van der Waals surface area contributed by atoms with Crippen molar-refractivity contribution in [1.82, 2.24) is 5.32 Å². The molecule has 1 aliphatic heterocycles. The molecule has 0 spiro atoms. The van der Waals surface area contributed by atoms with Gasteiger partial charge in [0.15, 0.2) is 0 Å². The number of carbonyl (C=O) groups excluding carboxylic acids is 1. The summed E-state index contributed by atoms with van der Waals surface area (Å²) in [6.45, 7) is 1.90. The molecule has 0 aromatic heterocycles. The number of hydrogen-bond acceptors (Lipinski definition) is 5. The third kappa shape index (κ3) is 4.99. The molecule has 0 atom stereocenters. The molecule has 1 aliphatic rings. The molecule has 0 bridgehead atoms. The van der Waals surface area contributed by atoms with E-state index in [9.17, 15) is 9.90 Å². The number of ether oxygens (including phenoxy) is 3. The molecule has 0 saturated carbocycles. The van der Waals surface area contributed by atoms with Crippen LogP contribution in [0.5, 0.6) is 0 Å². The fraction of sp³-hybridized carbons (Fsp3) is 0.909. The van der Waals surface area contributed by atoms with Crippen LogP contribution in [0.2, 0.25) is 0 Å². The molecular weight excluding hydrogens is 226 g/mol. The highest BCUT2D eigenvalue weighted by Crippen LogP contribution is 2.19. The molecule has 1 fully saturated rings. The molecule has 6 nitrogen and oxygen atoms in total. The van der Waals surface area contributed by atoms with Crippen LogP contribution >= 0.6 is 0 Å². The topological polar surface area (TPSA) is 77.0 Å². The quantitative estimate of drug-likeness (QED) is 0.582. The van der Waals surface area contributed by atoms with Crippen LogP contribution in [0.1, 0.15) is 12.8 Å². The molecule has 1 heterocycles. The number of nitrogens with one attached hydrogen (secondary N) is 1. The van der Waals surface area contributed by atoms with Gasteiger partial charge in [0.05, 0.1) is 25.4 Å². The number of hydrogen-bond donors (Lipinski definition) is 2. The Balaban J connectivity index is 2.27. The molecule has 1 amide bonds. The van der Waals surface area contributed by atoms with Gasteiger partial charge in [-0.3, -0.25) is 4.79 Å². The minimum Gasteiger partial charge on any atom is -0.394 e. The van der Waals surface area contributed by atoms with E-state index >= 15 is 0 Å². The Kier molecular flexibility index (Phi) is 6.43. The predicted molar refractivity (Wildman–Crippen MR) is 60.7 cm³/mol. The number of carbonyl (C=O) groups is 1. The lowest BCUT2D eigenvalue weighted by Gasteiger charge is -2.36. The number of amides is 1. The summed E-state index contributed by atoms with van der Waals surface area (Å²) in [6, 6.07) is 0. The Hall–Kier alpha value is -0.690. The second-order valence-corrected chi connectivity index (χ2v) is 4.14. The van der Waals surface area contributed by atoms with E-state index < -0.39 is 5.54 Å². The van der Waals surface area contributed by atoms with Gasteiger partial charge in [-0.25, -0.2) is 0 Å². The van der Waals surface area contributed by atoms with Crippen LogP contribution in [0.3, 0.4) is 0 Å². The monoisotopic (exact) mass is 247 g/mol. The molecule has 0 aromatic rings. The zero-order chi connectivity index (χ0) is 12.6. The van der Waals surface area contributed by atoms with Crippen molar-refractivity contribution in [3.63, 3.8) is 0 Å². The summed E-state index contributed by atoms with van der Waals surface area (Å²) in [5.41, 5.74) is -0.542. The average Bonchev–Trinajstić information content (AvgIpc) is 2.36. The van der Waals surface area contributed by atoms with Crippen molar-refractivity contribution >= 4 is 5.91 Å². The van der Waals surface area contributed by atoms with E-state index in [1.54, 1.807) is 7.11 Å².